The summed E-state index contributed by atoms with van der Waals surface area (Å²) in [5.74, 6) is 0.713. The summed E-state index contributed by atoms with van der Waals surface area (Å²) < 4.78 is 0. The summed E-state index contributed by atoms with van der Waals surface area (Å²) in [7, 11) is 0. The standard InChI is InChI=1S/C13H23N5O/c1-9-7-17(8-10(2)18(9)5-6-19)13-14-11(3)12(4)15-16-13/h9-10,19H,5-8H2,1-4H3/t9-,10+. The number of aryl methyl sites for hydroxylation is 2. The van der Waals surface area contributed by atoms with Crippen molar-refractivity contribution in [1.29, 1.82) is 0 Å². The summed E-state index contributed by atoms with van der Waals surface area (Å²) >= 11 is 0. The molecule has 6 heteroatoms. The van der Waals surface area contributed by atoms with Crippen LogP contribution in [0.15, 0.2) is 0 Å². The molecule has 1 saturated heterocycles. The fraction of sp³-hybridized carbons (Fsp3) is 0.769. The molecule has 0 unspecified atom stereocenters. The van der Waals surface area contributed by atoms with E-state index in [1.807, 2.05) is 13.8 Å². The van der Waals surface area contributed by atoms with Crippen molar-refractivity contribution < 1.29 is 5.11 Å². The lowest BCUT2D eigenvalue weighted by molar-refractivity contribution is 0.102. The molecule has 0 radical (unpaired) electrons. The predicted octanol–water partition coefficient (Wildman–Crippen LogP) is 0.380. The van der Waals surface area contributed by atoms with Crippen LogP contribution in [-0.4, -0.2) is 63.5 Å². The highest BCUT2D eigenvalue weighted by Crippen LogP contribution is 2.19. The van der Waals surface area contributed by atoms with Crippen molar-refractivity contribution in [3.05, 3.63) is 11.4 Å². The number of rotatable bonds is 3. The monoisotopic (exact) mass is 265 g/mol. The molecule has 1 aliphatic heterocycles. The van der Waals surface area contributed by atoms with Crippen molar-refractivity contribution in [3.8, 4) is 0 Å². The summed E-state index contributed by atoms with van der Waals surface area (Å²) in [6, 6.07) is 0.752. The molecule has 1 N–H and O–H groups in total. The second-order valence-corrected chi connectivity index (χ2v) is 5.35. The van der Waals surface area contributed by atoms with Gasteiger partial charge in [-0.05, 0) is 27.7 Å². The van der Waals surface area contributed by atoms with Gasteiger partial charge in [-0.15, -0.1) is 5.10 Å². The summed E-state index contributed by atoms with van der Waals surface area (Å²) in [5, 5.41) is 17.5. The third-order valence-corrected chi connectivity index (χ3v) is 3.82. The van der Waals surface area contributed by atoms with E-state index in [2.05, 4.69) is 38.8 Å². The van der Waals surface area contributed by atoms with Crippen molar-refractivity contribution in [3.63, 3.8) is 0 Å². The molecule has 2 heterocycles. The Bertz CT molecular complexity index is 427. The number of hydrogen-bond donors (Lipinski definition) is 1. The van der Waals surface area contributed by atoms with E-state index >= 15 is 0 Å². The summed E-state index contributed by atoms with van der Waals surface area (Å²) in [6.45, 7) is 10.9. The van der Waals surface area contributed by atoms with Gasteiger partial charge in [-0.3, -0.25) is 4.90 Å². The Morgan fingerprint density at radius 1 is 1.11 bits per heavy atom. The van der Waals surface area contributed by atoms with Gasteiger partial charge in [-0.1, -0.05) is 0 Å². The molecule has 1 aromatic heterocycles. The molecule has 1 fully saturated rings. The van der Waals surface area contributed by atoms with Crippen LogP contribution in [0.1, 0.15) is 25.2 Å². The maximum Gasteiger partial charge on any atom is 0.245 e. The van der Waals surface area contributed by atoms with Crippen molar-refractivity contribution in [2.45, 2.75) is 39.8 Å². The molecule has 1 aliphatic rings. The number of hydrogen-bond acceptors (Lipinski definition) is 6. The van der Waals surface area contributed by atoms with E-state index in [-0.39, 0.29) is 6.61 Å². The van der Waals surface area contributed by atoms with Crippen LogP contribution in [0.2, 0.25) is 0 Å². The van der Waals surface area contributed by atoms with Gasteiger partial charge in [0.1, 0.15) is 0 Å². The van der Waals surface area contributed by atoms with E-state index in [1.165, 1.54) is 0 Å². The first kappa shape index (κ1) is 14.1. The van der Waals surface area contributed by atoms with Gasteiger partial charge in [0.05, 0.1) is 18.0 Å². The molecule has 0 amide bonds. The Kier molecular flexibility index (Phi) is 4.31. The molecule has 1 aromatic rings. The first-order chi connectivity index (χ1) is 9.02. The number of β-amino-alcohol motifs (C(OH)–C–C–N with tert-alkyl or cyclic N) is 1. The highest BCUT2D eigenvalue weighted by molar-refractivity contribution is 5.31. The quantitative estimate of drug-likeness (QED) is 0.852. The third-order valence-electron chi connectivity index (χ3n) is 3.82. The van der Waals surface area contributed by atoms with Gasteiger partial charge >= 0.3 is 0 Å². The second kappa shape index (κ2) is 5.79. The van der Waals surface area contributed by atoms with Crippen LogP contribution in [-0.2, 0) is 0 Å². The maximum absolute atomic E-state index is 9.11. The van der Waals surface area contributed by atoms with Gasteiger partial charge in [-0.25, -0.2) is 4.98 Å². The van der Waals surface area contributed by atoms with Crippen LogP contribution in [0, 0.1) is 13.8 Å². The highest BCUT2D eigenvalue weighted by Gasteiger charge is 2.30. The van der Waals surface area contributed by atoms with Crippen LogP contribution in [0.5, 0.6) is 0 Å². The maximum atomic E-state index is 9.11. The van der Waals surface area contributed by atoms with Crippen LogP contribution in [0.25, 0.3) is 0 Å². The van der Waals surface area contributed by atoms with Crippen LogP contribution >= 0.6 is 0 Å². The largest absolute Gasteiger partial charge is 0.395 e. The minimum atomic E-state index is 0.205. The van der Waals surface area contributed by atoms with Crippen LogP contribution in [0.3, 0.4) is 0 Å². The first-order valence-electron chi connectivity index (χ1n) is 6.82. The zero-order valence-electron chi connectivity index (χ0n) is 12.2. The summed E-state index contributed by atoms with van der Waals surface area (Å²) in [5.41, 5.74) is 1.81. The van der Waals surface area contributed by atoms with E-state index in [1.54, 1.807) is 0 Å². The number of nitrogens with zero attached hydrogens (tertiary/aromatic N) is 5. The number of aliphatic hydroxyl groups excluding tert-OH is 1. The van der Waals surface area contributed by atoms with E-state index in [9.17, 15) is 0 Å². The highest BCUT2D eigenvalue weighted by atomic mass is 16.3. The van der Waals surface area contributed by atoms with Crippen molar-refractivity contribution in [2.75, 3.05) is 31.1 Å². The molecular formula is C13H23N5O. The Balaban J connectivity index is 2.13. The molecule has 0 aromatic carbocycles. The van der Waals surface area contributed by atoms with Gasteiger partial charge in [-0.2, -0.15) is 5.10 Å². The lowest BCUT2D eigenvalue weighted by Crippen LogP contribution is -2.57. The molecule has 0 aliphatic carbocycles. The normalized spacial score (nSPS) is 24.8. The molecular weight excluding hydrogens is 242 g/mol. The summed E-state index contributed by atoms with van der Waals surface area (Å²) in [4.78, 5) is 9.03. The Morgan fingerprint density at radius 2 is 1.74 bits per heavy atom. The van der Waals surface area contributed by atoms with Crippen molar-refractivity contribution >= 4 is 5.95 Å². The van der Waals surface area contributed by atoms with E-state index in [4.69, 9.17) is 5.11 Å². The average molecular weight is 265 g/mol. The Labute approximate surface area is 114 Å². The van der Waals surface area contributed by atoms with E-state index < -0.39 is 0 Å². The molecule has 0 spiro atoms. The predicted molar refractivity (Wildman–Crippen MR) is 74.2 cm³/mol. The zero-order valence-corrected chi connectivity index (χ0v) is 12.2. The molecule has 2 rings (SSSR count). The topological polar surface area (TPSA) is 65.4 Å². The fourth-order valence-corrected chi connectivity index (χ4v) is 2.66. The minimum Gasteiger partial charge on any atom is -0.395 e. The average Bonchev–Trinajstić information content (AvgIpc) is 2.37. The minimum absolute atomic E-state index is 0.205. The third kappa shape index (κ3) is 3.01. The fourth-order valence-electron chi connectivity index (χ4n) is 2.66. The SMILES string of the molecule is Cc1nnc(N2C[C@@H](C)N(CCO)[C@@H](C)C2)nc1C. The summed E-state index contributed by atoms with van der Waals surface area (Å²) in [6.07, 6.45) is 0. The van der Waals surface area contributed by atoms with Crippen LogP contribution in [0.4, 0.5) is 5.95 Å². The lowest BCUT2D eigenvalue weighted by atomic mass is 10.1. The van der Waals surface area contributed by atoms with Gasteiger partial charge in [0.15, 0.2) is 0 Å². The molecule has 19 heavy (non-hydrogen) atoms. The van der Waals surface area contributed by atoms with Gasteiger partial charge in [0.2, 0.25) is 5.95 Å². The van der Waals surface area contributed by atoms with Crippen molar-refractivity contribution in [1.82, 2.24) is 20.1 Å². The first-order valence-corrected chi connectivity index (χ1v) is 6.82. The number of anilines is 1. The molecule has 6 nitrogen and oxygen atoms in total. The lowest BCUT2D eigenvalue weighted by Gasteiger charge is -2.44. The number of aliphatic hydroxyl groups is 1. The molecule has 0 bridgehead atoms. The van der Waals surface area contributed by atoms with E-state index in [0.29, 0.717) is 18.0 Å². The number of aromatic nitrogens is 3. The smallest absolute Gasteiger partial charge is 0.245 e. The van der Waals surface area contributed by atoms with Crippen LogP contribution < -0.4 is 4.90 Å². The Hall–Kier alpha value is -1.27. The van der Waals surface area contributed by atoms with E-state index in [0.717, 1.165) is 31.0 Å². The zero-order chi connectivity index (χ0) is 14.0. The van der Waals surface area contributed by atoms with Gasteiger partial charge in [0.25, 0.3) is 0 Å². The second-order valence-electron chi connectivity index (χ2n) is 5.35. The van der Waals surface area contributed by atoms with Crippen molar-refractivity contribution in [2.24, 2.45) is 0 Å². The van der Waals surface area contributed by atoms with Gasteiger partial charge < -0.3 is 10.0 Å². The molecule has 0 saturated carbocycles. The molecule has 2 atom stereocenters. The Morgan fingerprint density at radius 3 is 2.26 bits per heavy atom. The van der Waals surface area contributed by atoms with Gasteiger partial charge in [0, 0.05) is 31.7 Å². The molecule has 106 valence electrons. The number of piperazine rings is 1.